The zero-order chi connectivity index (χ0) is 18.3. The van der Waals surface area contributed by atoms with Crippen LogP contribution in [0.3, 0.4) is 0 Å². The summed E-state index contributed by atoms with van der Waals surface area (Å²) in [6.45, 7) is 7.74. The number of rotatable bonds is 16. The van der Waals surface area contributed by atoms with Crippen LogP contribution in [0.25, 0.3) is 0 Å². The van der Waals surface area contributed by atoms with Gasteiger partial charge in [0.15, 0.2) is 0 Å². The van der Waals surface area contributed by atoms with Crippen molar-refractivity contribution in [1.82, 2.24) is 0 Å². The Morgan fingerprint density at radius 3 is 1.04 bits per heavy atom. The van der Waals surface area contributed by atoms with Gasteiger partial charge in [0.1, 0.15) is 0 Å². The lowest BCUT2D eigenvalue weighted by Gasteiger charge is -2.03. The number of carbonyl (C=O) groups excluding carboxylic acids is 1. The maximum atomic E-state index is 9.84. The predicted octanol–water partition coefficient (Wildman–Crippen LogP) is 7.61. The second kappa shape index (κ2) is 24.5. The average Bonchev–Trinajstić information content (AvgIpc) is 2.62. The van der Waals surface area contributed by atoms with E-state index >= 15 is 0 Å². The van der Waals surface area contributed by atoms with Crippen molar-refractivity contribution in [2.24, 2.45) is 0 Å². The van der Waals surface area contributed by atoms with Crippen LogP contribution in [-0.2, 0) is 9.53 Å². The van der Waals surface area contributed by atoms with Crippen LogP contribution in [-0.4, -0.2) is 13.1 Å². The van der Waals surface area contributed by atoms with Gasteiger partial charge in [-0.1, -0.05) is 123 Å². The minimum Gasteiger partial charge on any atom is -0.466 e. The summed E-state index contributed by atoms with van der Waals surface area (Å²) < 4.78 is 4.14. The van der Waals surface area contributed by atoms with Gasteiger partial charge in [-0.05, 0) is 0 Å². The molecule has 0 rings (SSSR count). The normalized spacial score (nSPS) is 9.96. The number of hydrogen-bond donors (Lipinski definition) is 0. The summed E-state index contributed by atoms with van der Waals surface area (Å²) in [6.07, 6.45) is 24.5. The predicted molar refractivity (Wildman–Crippen MR) is 107 cm³/mol. The Morgan fingerprint density at radius 1 is 0.667 bits per heavy atom. The highest BCUT2D eigenvalue weighted by atomic mass is 16.5. The molecule has 0 radical (unpaired) electrons. The van der Waals surface area contributed by atoms with E-state index in [2.05, 4.69) is 25.2 Å². The first-order valence-corrected chi connectivity index (χ1v) is 10.4. The van der Waals surface area contributed by atoms with Crippen molar-refractivity contribution >= 4 is 5.97 Å². The lowest BCUT2D eigenvalue weighted by molar-refractivity contribution is -0.134. The zero-order valence-corrected chi connectivity index (χ0v) is 16.9. The van der Waals surface area contributed by atoms with Gasteiger partial charge in [-0.15, -0.1) is 0 Å². The quantitative estimate of drug-likeness (QED) is 0.164. The molecule has 0 unspecified atom stereocenters. The molecule has 144 valence electrons. The molecule has 2 nitrogen and oxygen atoms in total. The Morgan fingerprint density at radius 2 is 0.917 bits per heavy atom. The summed E-state index contributed by atoms with van der Waals surface area (Å²) in [7, 11) is 1.31. The second-order valence-corrected chi connectivity index (χ2v) is 6.68. The van der Waals surface area contributed by atoms with Crippen LogP contribution in [0.2, 0.25) is 0 Å². The Labute approximate surface area is 152 Å². The SMILES string of the molecule is C=CC(=O)OC.CCCCCCCCCCCCCCCCCC. The van der Waals surface area contributed by atoms with Crippen LogP contribution >= 0.6 is 0 Å². The van der Waals surface area contributed by atoms with Crippen molar-refractivity contribution in [3.63, 3.8) is 0 Å². The molecular weight excluding hydrogens is 296 g/mol. The molecule has 0 saturated carbocycles. The molecule has 0 atom stereocenters. The van der Waals surface area contributed by atoms with Crippen LogP contribution in [0, 0.1) is 0 Å². The molecule has 0 aliphatic carbocycles. The van der Waals surface area contributed by atoms with Crippen LogP contribution in [0.4, 0.5) is 0 Å². The molecule has 0 aliphatic heterocycles. The molecule has 0 saturated heterocycles. The maximum Gasteiger partial charge on any atom is 0.329 e. The molecule has 0 spiro atoms. The van der Waals surface area contributed by atoms with E-state index in [1.54, 1.807) is 0 Å². The van der Waals surface area contributed by atoms with Crippen LogP contribution < -0.4 is 0 Å². The number of esters is 1. The first-order chi connectivity index (χ1) is 11.7. The second-order valence-electron chi connectivity index (χ2n) is 6.68. The van der Waals surface area contributed by atoms with E-state index in [0.29, 0.717) is 0 Å². The molecule has 0 bridgehead atoms. The average molecular weight is 341 g/mol. The van der Waals surface area contributed by atoms with Crippen LogP contribution in [0.1, 0.15) is 117 Å². The van der Waals surface area contributed by atoms with E-state index in [1.807, 2.05) is 0 Å². The summed E-state index contributed by atoms with van der Waals surface area (Å²) in [6, 6.07) is 0. The molecule has 0 aromatic rings. The summed E-state index contributed by atoms with van der Waals surface area (Å²) in [4.78, 5) is 9.84. The maximum absolute atomic E-state index is 9.84. The first-order valence-electron chi connectivity index (χ1n) is 10.4. The first kappa shape index (κ1) is 25.5. The van der Waals surface area contributed by atoms with Crippen LogP contribution in [0.15, 0.2) is 12.7 Å². The van der Waals surface area contributed by atoms with Crippen molar-refractivity contribution < 1.29 is 9.53 Å². The smallest absolute Gasteiger partial charge is 0.329 e. The molecule has 0 amide bonds. The van der Waals surface area contributed by atoms with Crippen molar-refractivity contribution in [3.8, 4) is 0 Å². The molecule has 0 aromatic heterocycles. The van der Waals surface area contributed by atoms with Crippen LogP contribution in [0.5, 0.6) is 0 Å². The van der Waals surface area contributed by atoms with E-state index in [9.17, 15) is 4.79 Å². The summed E-state index contributed by atoms with van der Waals surface area (Å²) in [5.74, 6) is -0.394. The highest BCUT2D eigenvalue weighted by molar-refractivity contribution is 5.80. The molecular formula is C22H44O2. The third-order valence-corrected chi connectivity index (χ3v) is 4.32. The molecule has 0 heterocycles. The van der Waals surface area contributed by atoms with Gasteiger partial charge in [0.05, 0.1) is 7.11 Å². The van der Waals surface area contributed by atoms with Gasteiger partial charge in [-0.3, -0.25) is 0 Å². The van der Waals surface area contributed by atoms with Gasteiger partial charge in [-0.2, -0.15) is 0 Å². The largest absolute Gasteiger partial charge is 0.466 e. The Bertz CT molecular complexity index is 232. The summed E-state index contributed by atoms with van der Waals surface area (Å²) in [5, 5.41) is 0. The highest BCUT2D eigenvalue weighted by Crippen LogP contribution is 2.13. The Kier molecular flexibility index (Phi) is 25.9. The topological polar surface area (TPSA) is 26.3 Å². The molecule has 0 aromatic carbocycles. The number of methoxy groups -OCH3 is 1. The summed E-state index contributed by atoms with van der Waals surface area (Å²) in [5.41, 5.74) is 0. The number of unbranched alkanes of at least 4 members (excludes halogenated alkanes) is 15. The van der Waals surface area contributed by atoms with Gasteiger partial charge < -0.3 is 4.74 Å². The fourth-order valence-corrected chi connectivity index (χ4v) is 2.70. The fraction of sp³-hybridized carbons (Fsp3) is 0.864. The van der Waals surface area contributed by atoms with Crippen molar-refractivity contribution in [2.45, 2.75) is 117 Å². The molecule has 2 heteroatoms. The monoisotopic (exact) mass is 340 g/mol. The molecule has 24 heavy (non-hydrogen) atoms. The highest BCUT2D eigenvalue weighted by Gasteiger charge is 1.93. The minimum atomic E-state index is -0.394. The standard InChI is InChI=1S/C18H38.C4H6O2/c1-3-5-7-9-11-13-15-17-18-16-14-12-10-8-6-4-2;1-3-4(5)6-2/h3-18H2,1-2H3;3H,1H2,2H3. The number of carbonyl (C=O) groups is 1. The molecule has 0 fully saturated rings. The third kappa shape index (κ3) is 26.1. The van der Waals surface area contributed by atoms with Crippen molar-refractivity contribution in [2.75, 3.05) is 7.11 Å². The van der Waals surface area contributed by atoms with E-state index in [0.717, 1.165) is 6.08 Å². The third-order valence-electron chi connectivity index (χ3n) is 4.32. The van der Waals surface area contributed by atoms with Gasteiger partial charge in [0.25, 0.3) is 0 Å². The molecule has 0 N–H and O–H groups in total. The zero-order valence-electron chi connectivity index (χ0n) is 16.9. The van der Waals surface area contributed by atoms with E-state index in [1.165, 1.54) is 110 Å². The van der Waals surface area contributed by atoms with E-state index in [-0.39, 0.29) is 0 Å². The molecule has 0 aliphatic rings. The number of hydrogen-bond acceptors (Lipinski definition) is 2. The van der Waals surface area contributed by atoms with E-state index < -0.39 is 5.97 Å². The number of ether oxygens (including phenoxy) is 1. The lowest BCUT2D eigenvalue weighted by Crippen LogP contribution is -1.91. The van der Waals surface area contributed by atoms with Crippen molar-refractivity contribution in [3.05, 3.63) is 12.7 Å². The van der Waals surface area contributed by atoms with Gasteiger partial charge in [-0.25, -0.2) is 4.79 Å². The lowest BCUT2D eigenvalue weighted by atomic mass is 10.0. The Hall–Kier alpha value is -0.790. The summed E-state index contributed by atoms with van der Waals surface area (Å²) >= 11 is 0. The Balaban J connectivity index is 0. The van der Waals surface area contributed by atoms with E-state index in [4.69, 9.17) is 0 Å². The fourth-order valence-electron chi connectivity index (χ4n) is 2.70. The minimum absolute atomic E-state index is 0.394. The van der Waals surface area contributed by atoms with Crippen molar-refractivity contribution in [1.29, 1.82) is 0 Å². The van der Waals surface area contributed by atoms with Gasteiger partial charge in [0.2, 0.25) is 0 Å². The van der Waals surface area contributed by atoms with Gasteiger partial charge in [0, 0.05) is 6.08 Å². The van der Waals surface area contributed by atoms with Gasteiger partial charge >= 0.3 is 5.97 Å².